The number of Topliss-reactive ketones (excluding diaryl/α,β-unsaturated/α-hetero) is 1. The second kappa shape index (κ2) is 18.0. The second-order valence-corrected chi connectivity index (χ2v) is 10.4. The third-order valence-corrected chi connectivity index (χ3v) is 6.47. The van der Waals surface area contributed by atoms with Gasteiger partial charge in [-0.3, -0.25) is 33.6 Å². The summed E-state index contributed by atoms with van der Waals surface area (Å²) < 4.78 is 25.8. The Bertz CT molecular complexity index is 1130. The first-order valence-corrected chi connectivity index (χ1v) is 14.3. The van der Waals surface area contributed by atoms with Crippen LogP contribution in [0.25, 0.3) is 0 Å². The molecule has 0 spiro atoms. The highest BCUT2D eigenvalue weighted by Crippen LogP contribution is 2.47. The van der Waals surface area contributed by atoms with E-state index >= 15 is 0 Å². The van der Waals surface area contributed by atoms with Crippen LogP contribution in [0.1, 0.15) is 38.5 Å². The molecule has 2 amide bonds. The number of carboxylic acid groups (broad SMARTS) is 1. The SMILES string of the molecule is NC(N)=NCCC[C@H](N)C(=O)CCC(=O)N[C@@H](CC(=O)O)C(=O)NCCCOP(=O)(O)OC1=C(O)C([C@@H](O)CO)OC1=O. The molecule has 21 heteroatoms. The quantitative estimate of drug-likeness (QED) is 0.0190. The highest BCUT2D eigenvalue weighted by molar-refractivity contribution is 7.47. The molecule has 43 heavy (non-hydrogen) atoms. The molecule has 244 valence electrons. The molecular formula is C22H37N6O14P. The van der Waals surface area contributed by atoms with Gasteiger partial charge in [-0.05, 0) is 19.3 Å². The van der Waals surface area contributed by atoms with Crippen LogP contribution in [0.5, 0.6) is 0 Å². The number of ketones is 1. The van der Waals surface area contributed by atoms with E-state index in [9.17, 15) is 43.6 Å². The largest absolute Gasteiger partial charge is 0.527 e. The van der Waals surface area contributed by atoms with Crippen LogP contribution in [0.2, 0.25) is 0 Å². The minimum Gasteiger partial charge on any atom is -0.505 e. The Morgan fingerprint density at radius 2 is 1.84 bits per heavy atom. The van der Waals surface area contributed by atoms with Gasteiger partial charge in [0, 0.05) is 25.9 Å². The summed E-state index contributed by atoms with van der Waals surface area (Å²) in [7, 11) is -5.00. The third kappa shape index (κ3) is 13.8. The van der Waals surface area contributed by atoms with E-state index in [1.54, 1.807) is 0 Å². The molecule has 0 bridgehead atoms. The first-order valence-electron chi connectivity index (χ1n) is 12.8. The van der Waals surface area contributed by atoms with Gasteiger partial charge in [0.25, 0.3) is 5.76 Å². The van der Waals surface area contributed by atoms with E-state index in [4.69, 9.17) is 27.4 Å². The number of carboxylic acids is 1. The molecule has 1 aliphatic rings. The average Bonchev–Trinajstić information content (AvgIpc) is 3.20. The van der Waals surface area contributed by atoms with E-state index in [0.717, 1.165) is 0 Å². The van der Waals surface area contributed by atoms with Gasteiger partial charge >= 0.3 is 19.8 Å². The molecule has 0 aromatic carbocycles. The highest BCUT2D eigenvalue weighted by atomic mass is 31.2. The normalized spacial score (nSPS) is 18.0. The minimum atomic E-state index is -5.00. The lowest BCUT2D eigenvalue weighted by molar-refractivity contribution is -0.147. The fraction of sp³-hybridized carbons (Fsp3) is 0.636. The Labute approximate surface area is 244 Å². The third-order valence-electron chi connectivity index (χ3n) is 5.55. The van der Waals surface area contributed by atoms with Crippen molar-refractivity contribution in [2.45, 2.75) is 62.8 Å². The lowest BCUT2D eigenvalue weighted by Gasteiger charge is -2.17. The molecule has 0 fully saturated rings. The lowest BCUT2D eigenvalue weighted by atomic mass is 10.0. The number of guanidine groups is 1. The van der Waals surface area contributed by atoms with Crippen molar-refractivity contribution in [3.63, 3.8) is 0 Å². The van der Waals surface area contributed by atoms with Crippen molar-refractivity contribution in [2.24, 2.45) is 22.2 Å². The number of amides is 2. The van der Waals surface area contributed by atoms with E-state index in [-0.39, 0.29) is 44.7 Å². The van der Waals surface area contributed by atoms with Gasteiger partial charge in [-0.1, -0.05) is 0 Å². The summed E-state index contributed by atoms with van der Waals surface area (Å²) in [6, 6.07) is -2.38. The Kier molecular flexibility index (Phi) is 15.6. The van der Waals surface area contributed by atoms with Crippen molar-refractivity contribution in [3.05, 3.63) is 11.5 Å². The van der Waals surface area contributed by atoms with Gasteiger partial charge < -0.3 is 57.5 Å². The number of nitrogens with two attached hydrogens (primary N) is 3. The molecule has 5 atom stereocenters. The predicted molar refractivity (Wildman–Crippen MR) is 143 cm³/mol. The van der Waals surface area contributed by atoms with Crippen molar-refractivity contribution in [2.75, 3.05) is 26.3 Å². The zero-order chi connectivity index (χ0) is 32.7. The van der Waals surface area contributed by atoms with Crippen LogP contribution >= 0.6 is 7.82 Å². The number of carbonyl (C=O) groups is 5. The summed E-state index contributed by atoms with van der Waals surface area (Å²) in [6.45, 7) is -1.39. The predicted octanol–water partition coefficient (Wildman–Crippen LogP) is -3.64. The Balaban J connectivity index is 2.50. The number of phosphoric ester groups is 1. The van der Waals surface area contributed by atoms with Gasteiger partial charge in [-0.2, -0.15) is 0 Å². The van der Waals surface area contributed by atoms with Crippen molar-refractivity contribution in [3.8, 4) is 0 Å². The van der Waals surface area contributed by atoms with Crippen LogP contribution < -0.4 is 27.8 Å². The summed E-state index contributed by atoms with van der Waals surface area (Å²) in [5, 5.41) is 41.9. The van der Waals surface area contributed by atoms with Gasteiger partial charge in [0.05, 0.1) is 25.7 Å². The number of aliphatic imine (C=N–C) groups is 1. The molecule has 1 heterocycles. The van der Waals surface area contributed by atoms with Gasteiger partial charge in [0.1, 0.15) is 17.9 Å². The fourth-order valence-corrected chi connectivity index (χ4v) is 4.19. The van der Waals surface area contributed by atoms with Crippen molar-refractivity contribution < 1.29 is 67.6 Å². The monoisotopic (exact) mass is 640 g/mol. The summed E-state index contributed by atoms with van der Waals surface area (Å²) >= 11 is 0. The maximum atomic E-state index is 12.4. The molecule has 1 aliphatic heterocycles. The molecule has 0 saturated heterocycles. The van der Waals surface area contributed by atoms with E-state index in [1.807, 2.05) is 0 Å². The zero-order valence-electron chi connectivity index (χ0n) is 22.9. The van der Waals surface area contributed by atoms with E-state index in [1.165, 1.54) is 0 Å². The molecule has 20 nitrogen and oxygen atoms in total. The topological polar surface area (TPSA) is 346 Å². The number of nitrogens with zero attached hydrogens (tertiary/aromatic N) is 1. The lowest BCUT2D eigenvalue weighted by Crippen LogP contribution is -2.48. The first-order chi connectivity index (χ1) is 20.1. The summed E-state index contributed by atoms with van der Waals surface area (Å²) in [5.74, 6) is -7.14. The van der Waals surface area contributed by atoms with Gasteiger partial charge in [-0.15, -0.1) is 0 Å². The minimum absolute atomic E-state index is 0.101. The molecule has 0 radical (unpaired) electrons. The van der Waals surface area contributed by atoms with Gasteiger partial charge in [0.2, 0.25) is 11.8 Å². The van der Waals surface area contributed by atoms with Crippen LogP contribution in [0.3, 0.4) is 0 Å². The number of hydrogen-bond donors (Lipinski definition) is 10. The Morgan fingerprint density at radius 3 is 2.44 bits per heavy atom. The van der Waals surface area contributed by atoms with Crippen molar-refractivity contribution in [1.29, 1.82) is 0 Å². The van der Waals surface area contributed by atoms with Crippen LogP contribution in [0.4, 0.5) is 0 Å². The van der Waals surface area contributed by atoms with Crippen LogP contribution in [-0.4, -0.2) is 111 Å². The summed E-state index contributed by atoms with van der Waals surface area (Å²) in [6.07, 6.45) is -4.27. The van der Waals surface area contributed by atoms with E-state index < -0.39 is 92.8 Å². The number of carbonyl (C=O) groups excluding carboxylic acids is 4. The number of nitrogens with one attached hydrogen (secondary N) is 2. The number of ether oxygens (including phenoxy) is 1. The molecule has 0 saturated carbocycles. The van der Waals surface area contributed by atoms with Crippen molar-refractivity contribution >= 4 is 43.3 Å². The number of hydrogen-bond acceptors (Lipinski definition) is 14. The first kappa shape index (κ1) is 37.2. The maximum Gasteiger partial charge on any atom is 0.527 e. The summed E-state index contributed by atoms with van der Waals surface area (Å²) in [4.78, 5) is 73.3. The molecule has 2 unspecified atom stereocenters. The smallest absolute Gasteiger partial charge is 0.505 e. The number of rotatable bonds is 21. The molecule has 0 aromatic heterocycles. The summed E-state index contributed by atoms with van der Waals surface area (Å²) in [5.41, 5.74) is 16.2. The van der Waals surface area contributed by atoms with E-state index in [2.05, 4.69) is 29.4 Å². The molecule has 0 aliphatic carbocycles. The average molecular weight is 641 g/mol. The number of phosphoric acid groups is 1. The Hall–Kier alpha value is -3.81. The fourth-order valence-electron chi connectivity index (χ4n) is 3.38. The Morgan fingerprint density at radius 1 is 1.16 bits per heavy atom. The van der Waals surface area contributed by atoms with Gasteiger partial charge in [0.15, 0.2) is 17.8 Å². The highest BCUT2D eigenvalue weighted by Gasteiger charge is 2.43. The molecular weight excluding hydrogens is 603 g/mol. The maximum absolute atomic E-state index is 12.4. The molecule has 0 aromatic rings. The number of esters is 1. The van der Waals surface area contributed by atoms with Crippen LogP contribution in [-0.2, 0) is 42.3 Å². The zero-order valence-corrected chi connectivity index (χ0v) is 23.8. The van der Waals surface area contributed by atoms with Crippen molar-refractivity contribution in [1.82, 2.24) is 10.6 Å². The number of aliphatic carboxylic acids is 1. The van der Waals surface area contributed by atoms with Crippen LogP contribution in [0.15, 0.2) is 16.5 Å². The molecule has 1 rings (SSSR count). The molecule has 13 N–H and O–H groups in total. The standard InChI is InChI=1S/C22H37N6O14P/c23-11(3-1-6-27-22(24)25)13(30)4-5-15(32)28-12(9-16(33)34)20(36)26-7-2-8-40-43(38,39)42-19-17(35)18(14(31)10-29)41-21(19)37/h11-12,14,18,29,31,35H,1-10,23H2,(H,26,36)(H,28,32)(H,33,34)(H,38,39)(H4,24,25,27)/t11-,12-,14-,18?/m0/s1. The van der Waals surface area contributed by atoms with E-state index in [0.29, 0.717) is 6.42 Å². The second-order valence-electron chi connectivity index (χ2n) is 9.07. The number of aliphatic hydroxyl groups is 3. The van der Waals surface area contributed by atoms with Gasteiger partial charge in [-0.25, -0.2) is 9.36 Å². The number of cyclic esters (lactones) is 1. The number of aliphatic hydroxyl groups excluding tert-OH is 3. The van der Waals surface area contributed by atoms with Crippen LogP contribution in [0, 0.1) is 0 Å².